The molecule has 2 saturated heterocycles. The van der Waals surface area contributed by atoms with E-state index in [4.69, 9.17) is 9.47 Å². The topological polar surface area (TPSA) is 120 Å². The summed E-state index contributed by atoms with van der Waals surface area (Å²) in [6, 6.07) is 22.3. The van der Waals surface area contributed by atoms with Crippen LogP contribution in [0.5, 0.6) is 5.75 Å². The second-order valence-electron chi connectivity index (χ2n) is 13.7. The van der Waals surface area contributed by atoms with E-state index >= 15 is 0 Å². The van der Waals surface area contributed by atoms with E-state index in [2.05, 4.69) is 0 Å². The zero-order valence-electron chi connectivity index (χ0n) is 27.0. The molecule has 1 spiro atoms. The Hall–Kier alpha value is -4.25. The smallest absolute Gasteiger partial charge is 0.269 e. The van der Waals surface area contributed by atoms with Crippen LogP contribution in [-0.4, -0.2) is 70.3 Å². The Balaban J connectivity index is 1.21. The van der Waals surface area contributed by atoms with Crippen LogP contribution >= 0.6 is 0 Å². The molecule has 4 aliphatic heterocycles. The first-order valence-electron chi connectivity index (χ1n) is 16.4. The number of fused-ring (bicyclic) bond motifs is 3. The van der Waals surface area contributed by atoms with Gasteiger partial charge in [0.25, 0.3) is 11.8 Å². The van der Waals surface area contributed by atoms with Crippen molar-refractivity contribution in [2.24, 2.45) is 11.8 Å². The van der Waals surface area contributed by atoms with E-state index in [1.165, 1.54) is 0 Å². The minimum Gasteiger partial charge on any atom is -0.482 e. The van der Waals surface area contributed by atoms with Gasteiger partial charge in [-0.15, -0.1) is 0 Å². The lowest BCUT2D eigenvalue weighted by Crippen LogP contribution is -2.46. The molecule has 0 bridgehead atoms. The number of carbonyl (C=O) groups is 3. The van der Waals surface area contributed by atoms with Gasteiger partial charge in [-0.1, -0.05) is 49.4 Å². The average Bonchev–Trinajstić information content (AvgIpc) is 3.71. The number of nitrogens with zero attached hydrogens (tertiary/aromatic N) is 3. The number of hydrogen-bond donors (Lipinski definition) is 2. The van der Waals surface area contributed by atoms with E-state index in [9.17, 15) is 24.6 Å². The summed E-state index contributed by atoms with van der Waals surface area (Å²) in [5, 5.41) is 21.3. The van der Waals surface area contributed by atoms with Crippen molar-refractivity contribution >= 4 is 34.8 Å². The van der Waals surface area contributed by atoms with Crippen LogP contribution in [0.2, 0.25) is 0 Å². The Morgan fingerprint density at radius 2 is 1.77 bits per heavy atom. The summed E-state index contributed by atoms with van der Waals surface area (Å²) in [7, 11) is 0. The number of hydrogen-bond acceptors (Lipinski definition) is 7. The van der Waals surface area contributed by atoms with Crippen molar-refractivity contribution in [3.8, 4) is 5.75 Å². The third-order valence-electron chi connectivity index (χ3n) is 10.4. The van der Waals surface area contributed by atoms with Crippen molar-refractivity contribution in [3.05, 3.63) is 83.9 Å². The normalized spacial score (nSPS) is 27.0. The lowest BCUT2D eigenvalue weighted by atomic mass is 9.71. The second-order valence-corrected chi connectivity index (χ2v) is 13.7. The van der Waals surface area contributed by atoms with Gasteiger partial charge in [0.15, 0.2) is 12.2 Å². The Bertz CT molecular complexity index is 1720. The monoisotopic (exact) mass is 639 g/mol. The quantitative estimate of drug-likeness (QED) is 0.396. The summed E-state index contributed by atoms with van der Waals surface area (Å²) in [6.07, 6.45) is 0.859. The number of carbonyl (C=O) groups excluding carboxylic acids is 3. The summed E-state index contributed by atoms with van der Waals surface area (Å²) in [6.45, 7) is 5.98. The van der Waals surface area contributed by atoms with E-state index in [1.54, 1.807) is 28.5 Å². The van der Waals surface area contributed by atoms with Gasteiger partial charge in [-0.3, -0.25) is 19.3 Å². The van der Waals surface area contributed by atoms with Crippen LogP contribution in [0, 0.1) is 11.8 Å². The highest BCUT2D eigenvalue weighted by Gasteiger charge is 2.66. The molecule has 47 heavy (non-hydrogen) atoms. The van der Waals surface area contributed by atoms with Gasteiger partial charge in [0.1, 0.15) is 5.75 Å². The van der Waals surface area contributed by atoms with Crippen LogP contribution in [0.1, 0.15) is 51.2 Å². The number of rotatable bonds is 7. The molecule has 0 aliphatic carbocycles. The minimum absolute atomic E-state index is 0.00376. The molecule has 10 nitrogen and oxygen atoms in total. The van der Waals surface area contributed by atoms with E-state index in [1.807, 2.05) is 79.7 Å². The molecule has 0 radical (unpaired) electrons. The molecule has 0 aromatic heterocycles. The fraction of sp³-hybridized carbons (Fsp3) is 0.432. The Kier molecular flexibility index (Phi) is 7.85. The molecule has 4 heterocycles. The molecule has 3 aromatic carbocycles. The molecule has 5 atom stereocenters. The number of anilines is 3. The summed E-state index contributed by atoms with van der Waals surface area (Å²) >= 11 is 0. The van der Waals surface area contributed by atoms with Gasteiger partial charge in [-0.05, 0) is 62.6 Å². The molecule has 0 saturated carbocycles. The van der Waals surface area contributed by atoms with Crippen LogP contribution in [0.25, 0.3) is 0 Å². The Morgan fingerprint density at radius 3 is 2.53 bits per heavy atom. The van der Waals surface area contributed by atoms with Crippen molar-refractivity contribution in [2.45, 2.75) is 69.9 Å². The first-order valence-corrected chi connectivity index (χ1v) is 16.4. The summed E-state index contributed by atoms with van der Waals surface area (Å²) in [5.41, 5.74) is 0.936. The molecule has 10 heteroatoms. The van der Waals surface area contributed by atoms with Crippen molar-refractivity contribution in [3.63, 3.8) is 0 Å². The van der Waals surface area contributed by atoms with Gasteiger partial charge < -0.3 is 29.5 Å². The van der Waals surface area contributed by atoms with Gasteiger partial charge in [-0.2, -0.15) is 0 Å². The van der Waals surface area contributed by atoms with E-state index in [-0.39, 0.29) is 49.9 Å². The maximum atomic E-state index is 14.8. The predicted octanol–water partition coefficient (Wildman–Crippen LogP) is 4.28. The molecule has 7 rings (SSSR count). The first kappa shape index (κ1) is 31.4. The maximum Gasteiger partial charge on any atom is 0.269 e. The average molecular weight is 640 g/mol. The molecule has 3 amide bonds. The van der Waals surface area contributed by atoms with Crippen LogP contribution in [0.15, 0.2) is 72.8 Å². The van der Waals surface area contributed by atoms with Gasteiger partial charge in [0.05, 0.1) is 48.7 Å². The largest absolute Gasteiger partial charge is 0.482 e. The summed E-state index contributed by atoms with van der Waals surface area (Å²) < 4.78 is 12.4. The van der Waals surface area contributed by atoms with Crippen molar-refractivity contribution < 1.29 is 34.1 Å². The molecular weight excluding hydrogens is 598 g/mol. The van der Waals surface area contributed by atoms with Crippen LogP contribution in [0.3, 0.4) is 0 Å². The lowest BCUT2D eigenvalue weighted by molar-refractivity contribution is -0.150. The highest BCUT2D eigenvalue weighted by atomic mass is 16.5. The summed E-state index contributed by atoms with van der Waals surface area (Å²) in [5.74, 6) is -0.927. The second kappa shape index (κ2) is 11.8. The number of para-hydroxylation sites is 3. The van der Waals surface area contributed by atoms with E-state index < -0.39 is 29.1 Å². The van der Waals surface area contributed by atoms with Crippen LogP contribution in [-0.2, 0) is 31.3 Å². The SMILES string of the molecule is C[C@@H]1[C@@H](C(C)(C)O)[C@H](CC(=O)N2CCC[C@H]2CO)O[C@@]12C(=O)N(Cc1cccc(N3C(=O)COc4ccccc43)c1)c1ccccc12. The van der Waals surface area contributed by atoms with Gasteiger partial charge in [-0.25, -0.2) is 0 Å². The molecular formula is C37H41N3O7. The number of benzene rings is 3. The molecule has 3 aromatic rings. The number of ether oxygens (including phenoxy) is 2. The summed E-state index contributed by atoms with van der Waals surface area (Å²) in [4.78, 5) is 46.4. The highest BCUT2D eigenvalue weighted by molar-refractivity contribution is 6.08. The number of aliphatic hydroxyl groups excluding tert-OH is 1. The van der Waals surface area contributed by atoms with Crippen LogP contribution < -0.4 is 14.5 Å². The van der Waals surface area contributed by atoms with Crippen LogP contribution in [0.4, 0.5) is 17.1 Å². The zero-order chi connectivity index (χ0) is 33.1. The van der Waals surface area contributed by atoms with Crippen molar-refractivity contribution in [1.29, 1.82) is 0 Å². The minimum atomic E-state index is -1.40. The van der Waals surface area contributed by atoms with Crippen molar-refractivity contribution in [1.82, 2.24) is 4.90 Å². The fourth-order valence-electron chi connectivity index (χ4n) is 8.39. The molecule has 2 N–H and O–H groups in total. The number of amides is 3. The van der Waals surface area contributed by atoms with Gasteiger partial charge in [0, 0.05) is 29.6 Å². The number of aliphatic hydroxyl groups is 2. The first-order chi connectivity index (χ1) is 22.5. The maximum absolute atomic E-state index is 14.8. The number of likely N-dealkylation sites (tertiary alicyclic amines) is 1. The Labute approximate surface area is 274 Å². The van der Waals surface area contributed by atoms with Gasteiger partial charge >= 0.3 is 0 Å². The van der Waals surface area contributed by atoms with Gasteiger partial charge in [0.2, 0.25) is 5.91 Å². The molecule has 2 fully saturated rings. The molecule has 0 unspecified atom stereocenters. The molecule has 246 valence electrons. The molecule has 4 aliphatic rings. The third kappa shape index (κ3) is 5.10. The lowest BCUT2D eigenvalue weighted by Gasteiger charge is -2.34. The van der Waals surface area contributed by atoms with E-state index in [0.29, 0.717) is 34.9 Å². The van der Waals surface area contributed by atoms with E-state index in [0.717, 1.165) is 18.4 Å². The predicted molar refractivity (Wildman–Crippen MR) is 175 cm³/mol. The highest BCUT2D eigenvalue weighted by Crippen LogP contribution is 2.58. The third-order valence-corrected chi connectivity index (χ3v) is 10.4. The van der Waals surface area contributed by atoms with Crippen molar-refractivity contribution in [2.75, 3.05) is 29.6 Å². The zero-order valence-corrected chi connectivity index (χ0v) is 27.0. The Morgan fingerprint density at radius 1 is 1.02 bits per heavy atom. The fourth-order valence-corrected chi connectivity index (χ4v) is 8.39. The standard InChI is InChI=1S/C37H41N3O7/c1-23-34(36(2,3)45)31(19-32(42)38-17-9-12-26(38)21-41)47-37(23)27-13-4-5-14-28(27)39(35(37)44)20-24-10-8-11-25(18-24)40-29-15-6-7-16-30(29)46-22-33(40)43/h4-8,10-11,13-16,18,23,26,31,34,41,45H,9,12,17,19-22H2,1-3H3/t23-,26+,31+,34-,37+/m1/s1.